The Morgan fingerprint density at radius 3 is 1.34 bits per heavy atom. The van der Waals surface area contributed by atoms with Gasteiger partial charge in [-0.3, -0.25) is 9.59 Å². The van der Waals surface area contributed by atoms with Crippen LogP contribution in [0.4, 0.5) is 0 Å². The number of carbonyl (C=O) groups is 2. The van der Waals surface area contributed by atoms with E-state index in [0.717, 1.165) is 70.6 Å². The SMILES string of the molecule is CC/C=C/C=C/C=C/C=C\CCCCCC(CC(=O)NC(CO)C(O)CCCCCCCCCCCC)OC(=O)CCCCCCCCCCCCCCCCCCCCC. The lowest BCUT2D eigenvalue weighted by molar-refractivity contribution is -0.151. The van der Waals surface area contributed by atoms with Gasteiger partial charge in [0.05, 0.1) is 25.2 Å². The number of carbonyl (C=O) groups excluding carboxylic acids is 2. The first kappa shape index (κ1) is 58.8. The summed E-state index contributed by atoms with van der Waals surface area (Å²) >= 11 is 0. The lowest BCUT2D eigenvalue weighted by atomic mass is 10.0. The molecule has 0 aromatic carbocycles. The minimum Gasteiger partial charge on any atom is -0.462 e. The molecule has 0 heterocycles. The average molecular weight is 856 g/mol. The van der Waals surface area contributed by atoms with Gasteiger partial charge in [0.1, 0.15) is 6.10 Å². The number of nitrogens with one attached hydrogen (secondary N) is 1. The van der Waals surface area contributed by atoms with Crippen LogP contribution in [0.3, 0.4) is 0 Å². The third kappa shape index (κ3) is 44.2. The maximum absolute atomic E-state index is 13.2. The van der Waals surface area contributed by atoms with E-state index < -0.39 is 18.2 Å². The molecular weight excluding hydrogens is 755 g/mol. The van der Waals surface area contributed by atoms with Crippen LogP contribution in [0.25, 0.3) is 0 Å². The van der Waals surface area contributed by atoms with Gasteiger partial charge in [0.15, 0.2) is 0 Å². The van der Waals surface area contributed by atoms with Crippen molar-refractivity contribution in [2.45, 2.75) is 283 Å². The molecule has 0 aromatic heterocycles. The topological polar surface area (TPSA) is 95.9 Å². The number of hydrogen-bond acceptors (Lipinski definition) is 5. The molecule has 3 unspecified atom stereocenters. The third-order valence-electron chi connectivity index (χ3n) is 12.0. The Balaban J connectivity index is 4.53. The standard InChI is InChI=1S/C55H101NO5/c1-4-7-10-13-16-19-22-24-25-26-27-28-29-31-33-36-39-42-45-48-55(60)61-51(46-43-40-37-34-32-30-23-20-17-14-11-8-5-2)49-54(59)56-52(50-57)53(58)47-44-41-38-35-21-18-15-12-9-6-3/h8,11,14,17,20,23,30,32,51-53,57-58H,4-7,9-10,12-13,15-16,18-19,21-22,24-29,31,33-50H2,1-3H3,(H,56,59)/b11-8+,17-14+,23-20+,32-30-. The maximum atomic E-state index is 13.2. The van der Waals surface area contributed by atoms with Crippen molar-refractivity contribution in [2.24, 2.45) is 0 Å². The molecular formula is C55H101NO5. The summed E-state index contributed by atoms with van der Waals surface area (Å²) in [4.78, 5) is 26.1. The van der Waals surface area contributed by atoms with Crippen molar-refractivity contribution in [3.8, 4) is 0 Å². The molecule has 0 fully saturated rings. The number of ether oxygens (including phenoxy) is 1. The fourth-order valence-electron chi connectivity index (χ4n) is 8.03. The molecule has 1 amide bonds. The van der Waals surface area contributed by atoms with Crippen molar-refractivity contribution >= 4 is 11.9 Å². The summed E-state index contributed by atoms with van der Waals surface area (Å²) in [6.07, 6.45) is 59.0. The van der Waals surface area contributed by atoms with Crippen LogP contribution in [0.1, 0.15) is 265 Å². The number of aliphatic hydroxyl groups is 2. The van der Waals surface area contributed by atoms with Crippen LogP contribution in [-0.4, -0.2) is 46.9 Å². The van der Waals surface area contributed by atoms with Crippen LogP contribution >= 0.6 is 0 Å². The van der Waals surface area contributed by atoms with Crippen LogP contribution < -0.4 is 5.32 Å². The third-order valence-corrected chi connectivity index (χ3v) is 12.0. The zero-order valence-corrected chi connectivity index (χ0v) is 40.5. The van der Waals surface area contributed by atoms with Gasteiger partial charge in [-0.05, 0) is 44.9 Å². The van der Waals surface area contributed by atoms with E-state index in [1.165, 1.54) is 148 Å². The van der Waals surface area contributed by atoms with Crippen LogP contribution in [0, 0.1) is 0 Å². The fourth-order valence-corrected chi connectivity index (χ4v) is 8.03. The average Bonchev–Trinajstić information content (AvgIpc) is 3.25. The molecule has 61 heavy (non-hydrogen) atoms. The molecule has 3 atom stereocenters. The fraction of sp³-hybridized carbons (Fsp3) is 0.818. The van der Waals surface area contributed by atoms with Gasteiger partial charge in [0.2, 0.25) is 5.91 Å². The van der Waals surface area contributed by atoms with E-state index in [-0.39, 0.29) is 24.9 Å². The second kappa shape index (κ2) is 48.8. The first-order chi connectivity index (χ1) is 30.0. The Kier molecular flexibility index (Phi) is 47.1. The Morgan fingerprint density at radius 2 is 0.885 bits per heavy atom. The van der Waals surface area contributed by atoms with Gasteiger partial charge in [0.25, 0.3) is 0 Å². The lowest BCUT2D eigenvalue weighted by Crippen LogP contribution is -2.46. The summed E-state index contributed by atoms with van der Waals surface area (Å²) in [7, 11) is 0. The number of esters is 1. The minimum atomic E-state index is -0.796. The van der Waals surface area contributed by atoms with Crippen LogP contribution in [0.5, 0.6) is 0 Å². The molecule has 356 valence electrons. The number of amides is 1. The van der Waals surface area contributed by atoms with Crippen molar-refractivity contribution in [2.75, 3.05) is 6.61 Å². The lowest BCUT2D eigenvalue weighted by Gasteiger charge is -2.24. The molecule has 0 rings (SSSR count). The van der Waals surface area contributed by atoms with Crippen LogP contribution in [0.15, 0.2) is 48.6 Å². The summed E-state index contributed by atoms with van der Waals surface area (Å²) in [5.41, 5.74) is 0. The molecule has 0 saturated heterocycles. The largest absolute Gasteiger partial charge is 0.462 e. The monoisotopic (exact) mass is 856 g/mol. The van der Waals surface area contributed by atoms with Crippen molar-refractivity contribution in [3.05, 3.63) is 48.6 Å². The minimum absolute atomic E-state index is 0.0536. The highest BCUT2D eigenvalue weighted by molar-refractivity contribution is 5.77. The van der Waals surface area contributed by atoms with Crippen LogP contribution in [-0.2, 0) is 14.3 Å². The molecule has 0 saturated carbocycles. The molecule has 0 aliphatic carbocycles. The highest BCUT2D eigenvalue weighted by Crippen LogP contribution is 2.18. The van der Waals surface area contributed by atoms with Gasteiger partial charge in [-0.25, -0.2) is 0 Å². The van der Waals surface area contributed by atoms with Gasteiger partial charge in [-0.1, -0.05) is 256 Å². The summed E-state index contributed by atoms with van der Waals surface area (Å²) < 4.78 is 5.92. The predicted molar refractivity (Wildman–Crippen MR) is 264 cm³/mol. The van der Waals surface area contributed by atoms with Crippen molar-refractivity contribution < 1.29 is 24.5 Å². The molecule has 0 aliphatic heterocycles. The normalized spacial score (nSPS) is 13.6. The first-order valence-corrected chi connectivity index (χ1v) is 26.4. The van der Waals surface area contributed by atoms with Gasteiger partial charge in [-0.2, -0.15) is 0 Å². The van der Waals surface area contributed by atoms with E-state index in [9.17, 15) is 19.8 Å². The van der Waals surface area contributed by atoms with Crippen molar-refractivity contribution in [1.29, 1.82) is 0 Å². The van der Waals surface area contributed by atoms with Gasteiger partial charge in [-0.15, -0.1) is 0 Å². The summed E-state index contributed by atoms with van der Waals surface area (Å²) in [5.74, 6) is -0.505. The van der Waals surface area contributed by atoms with Gasteiger partial charge in [0, 0.05) is 6.42 Å². The van der Waals surface area contributed by atoms with Gasteiger partial charge < -0.3 is 20.3 Å². The molecule has 3 N–H and O–H groups in total. The number of aliphatic hydroxyl groups excluding tert-OH is 2. The number of rotatable bonds is 47. The van der Waals surface area contributed by atoms with Gasteiger partial charge >= 0.3 is 5.97 Å². The number of hydrogen-bond donors (Lipinski definition) is 3. The number of allylic oxidation sites excluding steroid dienone is 8. The first-order valence-electron chi connectivity index (χ1n) is 26.4. The van der Waals surface area contributed by atoms with E-state index in [2.05, 4.69) is 50.4 Å². The molecule has 0 bridgehead atoms. The Labute approximate surface area is 378 Å². The summed E-state index contributed by atoms with van der Waals surface area (Å²) in [6.45, 7) is 6.34. The second-order valence-electron chi connectivity index (χ2n) is 18.0. The smallest absolute Gasteiger partial charge is 0.306 e. The van der Waals surface area contributed by atoms with E-state index in [1.54, 1.807) is 0 Å². The molecule has 0 spiro atoms. The van der Waals surface area contributed by atoms with Crippen LogP contribution in [0.2, 0.25) is 0 Å². The Bertz CT molecular complexity index is 1050. The van der Waals surface area contributed by atoms with Crippen molar-refractivity contribution in [3.63, 3.8) is 0 Å². The molecule has 0 aromatic rings. The maximum Gasteiger partial charge on any atom is 0.306 e. The summed E-state index contributed by atoms with van der Waals surface area (Å²) in [5, 5.41) is 23.7. The van der Waals surface area contributed by atoms with E-state index in [1.807, 2.05) is 24.3 Å². The Morgan fingerprint density at radius 1 is 0.492 bits per heavy atom. The zero-order valence-electron chi connectivity index (χ0n) is 40.5. The highest BCUT2D eigenvalue weighted by Gasteiger charge is 2.24. The molecule has 6 heteroatoms. The highest BCUT2D eigenvalue weighted by atomic mass is 16.5. The summed E-state index contributed by atoms with van der Waals surface area (Å²) in [6, 6.07) is -0.712. The molecule has 0 radical (unpaired) electrons. The molecule has 0 aliphatic rings. The van der Waals surface area contributed by atoms with Crippen molar-refractivity contribution in [1.82, 2.24) is 5.32 Å². The predicted octanol–water partition coefficient (Wildman–Crippen LogP) is 15.8. The Hall–Kier alpha value is -2.18. The number of unbranched alkanes of at least 4 members (excludes halogenated alkanes) is 30. The van der Waals surface area contributed by atoms with E-state index in [4.69, 9.17) is 4.74 Å². The van der Waals surface area contributed by atoms with E-state index in [0.29, 0.717) is 19.3 Å². The van der Waals surface area contributed by atoms with E-state index >= 15 is 0 Å². The second-order valence-corrected chi connectivity index (χ2v) is 18.0. The quantitative estimate of drug-likeness (QED) is 0.0322. The molecule has 6 nitrogen and oxygen atoms in total. The zero-order chi connectivity index (χ0) is 44.5.